The van der Waals surface area contributed by atoms with E-state index in [0.29, 0.717) is 23.1 Å². The molecule has 3 aromatic rings. The van der Waals surface area contributed by atoms with Crippen LogP contribution in [0.5, 0.6) is 5.88 Å². The summed E-state index contributed by atoms with van der Waals surface area (Å²) in [6.07, 6.45) is 2.42. The molecule has 0 atom stereocenters. The van der Waals surface area contributed by atoms with Gasteiger partial charge in [0.2, 0.25) is 5.88 Å². The quantitative estimate of drug-likeness (QED) is 0.384. The maximum absolute atomic E-state index is 8.91. The van der Waals surface area contributed by atoms with Gasteiger partial charge in [0, 0.05) is 23.1 Å². The molecule has 7 heteroatoms. The highest BCUT2D eigenvalue weighted by atomic mass is 16.5. The molecule has 0 fully saturated rings. The van der Waals surface area contributed by atoms with E-state index in [0.717, 1.165) is 42.0 Å². The maximum Gasteiger partial charge on any atom is 0.216 e. The van der Waals surface area contributed by atoms with Crippen LogP contribution in [-0.4, -0.2) is 38.0 Å². The second-order valence-corrected chi connectivity index (χ2v) is 6.44. The molecule has 0 aliphatic heterocycles. The summed E-state index contributed by atoms with van der Waals surface area (Å²) in [6.45, 7) is 3.66. The second kappa shape index (κ2) is 9.03. The van der Waals surface area contributed by atoms with E-state index >= 15 is 0 Å². The van der Waals surface area contributed by atoms with Gasteiger partial charge in [-0.1, -0.05) is 17.3 Å². The first-order valence-electron chi connectivity index (χ1n) is 9.10. The third-order valence-corrected chi connectivity index (χ3v) is 4.28. The Bertz CT molecular complexity index is 988. The van der Waals surface area contributed by atoms with E-state index in [2.05, 4.69) is 25.1 Å². The van der Waals surface area contributed by atoms with Crippen molar-refractivity contribution >= 4 is 5.71 Å². The topological polar surface area (TPSA) is 93.4 Å². The zero-order valence-electron chi connectivity index (χ0n) is 16.3. The number of methoxy groups -OCH3 is 1. The highest BCUT2D eigenvalue weighted by Crippen LogP contribution is 2.19. The number of ether oxygens (including phenoxy) is 1. The molecule has 0 spiro atoms. The van der Waals surface area contributed by atoms with Gasteiger partial charge in [0.25, 0.3) is 0 Å². The molecule has 0 aliphatic rings. The van der Waals surface area contributed by atoms with Gasteiger partial charge in [-0.05, 0) is 57.4 Å². The first-order chi connectivity index (χ1) is 13.6. The number of aromatic nitrogens is 4. The molecule has 3 aromatic heterocycles. The number of hydrogen-bond donors (Lipinski definition) is 1. The lowest BCUT2D eigenvalue weighted by molar-refractivity contribution is 0.319. The van der Waals surface area contributed by atoms with Crippen LogP contribution in [0.25, 0.3) is 11.5 Å². The monoisotopic (exact) mass is 377 g/mol. The third kappa shape index (κ3) is 4.88. The predicted octanol–water partition coefficient (Wildman–Crippen LogP) is 3.62. The van der Waals surface area contributed by atoms with Crippen molar-refractivity contribution in [3.63, 3.8) is 0 Å². The van der Waals surface area contributed by atoms with Crippen LogP contribution in [0.4, 0.5) is 0 Å². The third-order valence-electron chi connectivity index (χ3n) is 4.28. The molecule has 0 saturated heterocycles. The molecule has 7 nitrogen and oxygen atoms in total. The Balaban J connectivity index is 1.73. The first kappa shape index (κ1) is 19.4. The minimum Gasteiger partial charge on any atom is -0.481 e. The van der Waals surface area contributed by atoms with E-state index < -0.39 is 0 Å². The molecule has 0 unspecified atom stereocenters. The lowest BCUT2D eigenvalue weighted by Gasteiger charge is -2.08. The van der Waals surface area contributed by atoms with Crippen molar-refractivity contribution in [3.8, 4) is 17.4 Å². The average Bonchev–Trinajstić information content (AvgIpc) is 2.73. The lowest BCUT2D eigenvalue weighted by atomic mass is 10.1. The van der Waals surface area contributed by atoms with Crippen LogP contribution < -0.4 is 4.74 Å². The Hall–Kier alpha value is -3.35. The number of aryl methyl sites for hydroxylation is 3. The van der Waals surface area contributed by atoms with Crippen LogP contribution in [0.1, 0.15) is 36.1 Å². The van der Waals surface area contributed by atoms with Crippen molar-refractivity contribution < 1.29 is 9.94 Å². The fourth-order valence-corrected chi connectivity index (χ4v) is 2.81. The van der Waals surface area contributed by atoms with Crippen molar-refractivity contribution in [1.82, 2.24) is 19.9 Å². The molecular weight excluding hydrogens is 354 g/mol. The molecule has 28 heavy (non-hydrogen) atoms. The molecule has 0 aromatic carbocycles. The van der Waals surface area contributed by atoms with E-state index in [1.54, 1.807) is 14.0 Å². The molecule has 0 saturated carbocycles. The van der Waals surface area contributed by atoms with Crippen LogP contribution >= 0.6 is 0 Å². The van der Waals surface area contributed by atoms with Gasteiger partial charge in [0.05, 0.1) is 12.8 Å². The average molecular weight is 377 g/mol. The minimum atomic E-state index is 0.498. The van der Waals surface area contributed by atoms with Crippen molar-refractivity contribution in [3.05, 3.63) is 65.2 Å². The van der Waals surface area contributed by atoms with Gasteiger partial charge >= 0.3 is 0 Å². The Kier molecular flexibility index (Phi) is 6.26. The van der Waals surface area contributed by atoms with Crippen molar-refractivity contribution in [1.29, 1.82) is 0 Å². The fourth-order valence-electron chi connectivity index (χ4n) is 2.81. The molecule has 1 N–H and O–H groups in total. The Morgan fingerprint density at radius 2 is 1.79 bits per heavy atom. The van der Waals surface area contributed by atoms with E-state index in [9.17, 15) is 0 Å². The van der Waals surface area contributed by atoms with Crippen LogP contribution in [0.3, 0.4) is 0 Å². The predicted molar refractivity (Wildman–Crippen MR) is 107 cm³/mol. The zero-order chi connectivity index (χ0) is 19.9. The van der Waals surface area contributed by atoms with Gasteiger partial charge in [-0.2, -0.15) is 4.98 Å². The maximum atomic E-state index is 8.91. The lowest BCUT2D eigenvalue weighted by Crippen LogP contribution is -2.03. The van der Waals surface area contributed by atoms with Crippen LogP contribution in [0, 0.1) is 6.92 Å². The van der Waals surface area contributed by atoms with Crippen LogP contribution in [0.2, 0.25) is 0 Å². The molecule has 0 aliphatic carbocycles. The summed E-state index contributed by atoms with van der Waals surface area (Å²) < 4.78 is 5.34. The molecule has 3 heterocycles. The largest absolute Gasteiger partial charge is 0.481 e. The molecule has 3 rings (SSSR count). The summed E-state index contributed by atoms with van der Waals surface area (Å²) in [4.78, 5) is 18.1. The number of hydrogen-bond acceptors (Lipinski definition) is 7. The number of nitrogens with zero attached hydrogens (tertiary/aromatic N) is 5. The number of pyridine rings is 2. The summed E-state index contributed by atoms with van der Waals surface area (Å²) in [5.74, 6) is 1.09. The smallest absolute Gasteiger partial charge is 0.216 e. The Morgan fingerprint density at radius 1 is 1.00 bits per heavy atom. The van der Waals surface area contributed by atoms with E-state index in [1.165, 1.54) is 0 Å². The van der Waals surface area contributed by atoms with Crippen molar-refractivity contribution in [2.75, 3.05) is 7.11 Å². The van der Waals surface area contributed by atoms with Gasteiger partial charge in [-0.15, -0.1) is 0 Å². The van der Waals surface area contributed by atoms with Crippen LogP contribution in [-0.2, 0) is 12.8 Å². The zero-order valence-corrected chi connectivity index (χ0v) is 16.3. The standard InChI is InChI=1S/C21H23N5O2/c1-14-7-4-12-19(22-14)21-24-17(13-20(25-21)28-3)10-5-8-16-9-6-11-18(23-16)15(2)26-27/h4,6-7,9,11-13,27H,5,8,10H2,1-3H3/b26-15+. The number of rotatable bonds is 7. The van der Waals surface area contributed by atoms with Gasteiger partial charge in [-0.25, -0.2) is 9.97 Å². The molecule has 0 bridgehead atoms. The summed E-state index contributed by atoms with van der Waals surface area (Å²) in [5.41, 5.74) is 4.66. The Labute approximate surface area is 164 Å². The van der Waals surface area contributed by atoms with E-state index in [4.69, 9.17) is 9.94 Å². The fraction of sp³-hybridized carbons (Fsp3) is 0.286. The van der Waals surface area contributed by atoms with Gasteiger partial charge in [0.15, 0.2) is 5.82 Å². The van der Waals surface area contributed by atoms with Crippen LogP contribution in [0.15, 0.2) is 47.6 Å². The SMILES string of the molecule is COc1cc(CCCc2cccc(/C(C)=N/O)n2)nc(-c2cccc(C)n2)n1. The van der Waals surface area contributed by atoms with E-state index in [-0.39, 0.29) is 0 Å². The van der Waals surface area contributed by atoms with Crippen molar-refractivity contribution in [2.45, 2.75) is 33.1 Å². The highest BCUT2D eigenvalue weighted by Gasteiger charge is 2.09. The molecular formula is C21H23N5O2. The summed E-state index contributed by atoms with van der Waals surface area (Å²) in [6, 6.07) is 13.3. The number of oxime groups is 1. The van der Waals surface area contributed by atoms with Gasteiger partial charge in [0.1, 0.15) is 11.4 Å². The summed E-state index contributed by atoms with van der Waals surface area (Å²) in [5, 5.41) is 12.1. The molecule has 0 radical (unpaired) electrons. The van der Waals surface area contributed by atoms with E-state index in [1.807, 2.05) is 49.4 Å². The van der Waals surface area contributed by atoms with Gasteiger partial charge in [-0.3, -0.25) is 4.98 Å². The molecule has 0 amide bonds. The normalized spacial score (nSPS) is 11.5. The molecule has 144 valence electrons. The minimum absolute atomic E-state index is 0.498. The summed E-state index contributed by atoms with van der Waals surface area (Å²) in [7, 11) is 1.60. The Morgan fingerprint density at radius 3 is 2.54 bits per heavy atom. The van der Waals surface area contributed by atoms with Gasteiger partial charge < -0.3 is 9.94 Å². The second-order valence-electron chi connectivity index (χ2n) is 6.44. The first-order valence-corrected chi connectivity index (χ1v) is 9.10. The van der Waals surface area contributed by atoms with Crippen molar-refractivity contribution in [2.24, 2.45) is 5.16 Å². The summed E-state index contributed by atoms with van der Waals surface area (Å²) >= 11 is 0. The highest BCUT2D eigenvalue weighted by molar-refractivity contribution is 5.96.